The Morgan fingerprint density at radius 1 is 1.04 bits per heavy atom. The van der Waals surface area contributed by atoms with Crippen LogP contribution in [0.1, 0.15) is 17.5 Å². The Hall–Kier alpha value is -3.00. The lowest BCUT2D eigenvalue weighted by Crippen LogP contribution is -2.10. The summed E-state index contributed by atoms with van der Waals surface area (Å²) in [5, 5.41) is 8.71. The summed E-state index contributed by atoms with van der Waals surface area (Å²) in [6.07, 6.45) is 0.169. The van der Waals surface area contributed by atoms with E-state index in [1.807, 2.05) is 6.07 Å². The molecule has 0 aliphatic carbocycles. The molecular weight excluding hydrogens is 294 g/mol. The second-order valence-corrected chi connectivity index (χ2v) is 4.74. The van der Waals surface area contributed by atoms with E-state index in [4.69, 9.17) is 19.5 Å². The molecule has 0 radical (unpaired) electrons. The maximum atomic E-state index is 11.7. The van der Waals surface area contributed by atoms with Gasteiger partial charge in [-0.1, -0.05) is 12.1 Å². The van der Waals surface area contributed by atoms with Gasteiger partial charge in [-0.3, -0.25) is 4.79 Å². The van der Waals surface area contributed by atoms with Gasteiger partial charge in [0.1, 0.15) is 18.1 Å². The highest BCUT2D eigenvalue weighted by Gasteiger charge is 2.05. The fraction of sp³-hybridized carbons (Fsp3) is 0.222. The third kappa shape index (κ3) is 5.36. The monoisotopic (exact) mass is 311 g/mol. The van der Waals surface area contributed by atoms with E-state index in [9.17, 15) is 4.79 Å². The molecule has 2 aromatic rings. The second-order valence-electron chi connectivity index (χ2n) is 4.74. The number of hydrogen-bond acceptors (Lipinski definition) is 5. The number of carbonyl (C=O) groups is 1. The molecule has 0 fully saturated rings. The van der Waals surface area contributed by atoms with Crippen LogP contribution in [0.2, 0.25) is 0 Å². The summed E-state index contributed by atoms with van der Waals surface area (Å²) < 4.78 is 15.7. The third-order valence-electron chi connectivity index (χ3n) is 3.12. The first-order chi connectivity index (χ1) is 11.2. The van der Waals surface area contributed by atoms with Crippen molar-refractivity contribution in [2.24, 2.45) is 0 Å². The van der Waals surface area contributed by atoms with Crippen molar-refractivity contribution in [2.75, 3.05) is 13.7 Å². The van der Waals surface area contributed by atoms with Gasteiger partial charge in [0.15, 0.2) is 0 Å². The topological polar surface area (TPSA) is 68.6 Å². The molecule has 0 atom stereocenters. The molecule has 2 rings (SSSR count). The minimum atomic E-state index is -0.331. The van der Waals surface area contributed by atoms with Gasteiger partial charge in [-0.15, -0.1) is 0 Å². The van der Waals surface area contributed by atoms with E-state index in [-0.39, 0.29) is 25.6 Å². The molecule has 5 heteroatoms. The Kier molecular flexibility index (Phi) is 6.01. The molecule has 2 aromatic carbocycles. The van der Waals surface area contributed by atoms with Gasteiger partial charge >= 0.3 is 5.97 Å². The van der Waals surface area contributed by atoms with Gasteiger partial charge in [-0.05, 0) is 42.0 Å². The Labute approximate surface area is 135 Å². The van der Waals surface area contributed by atoms with Crippen molar-refractivity contribution in [3.05, 3.63) is 59.7 Å². The van der Waals surface area contributed by atoms with Crippen LogP contribution in [0.5, 0.6) is 11.5 Å². The van der Waals surface area contributed by atoms with Gasteiger partial charge in [0.2, 0.25) is 0 Å². The van der Waals surface area contributed by atoms with Gasteiger partial charge in [0.25, 0.3) is 0 Å². The van der Waals surface area contributed by atoms with Crippen molar-refractivity contribution in [3.8, 4) is 17.6 Å². The maximum absolute atomic E-state index is 11.7. The Morgan fingerprint density at radius 2 is 1.70 bits per heavy atom. The molecule has 0 aromatic heterocycles. The van der Waals surface area contributed by atoms with Gasteiger partial charge in [0, 0.05) is 0 Å². The van der Waals surface area contributed by atoms with E-state index in [1.54, 1.807) is 55.6 Å². The number of ether oxygens (including phenoxy) is 3. The molecule has 0 N–H and O–H groups in total. The largest absolute Gasteiger partial charge is 0.497 e. The molecule has 0 aliphatic rings. The third-order valence-corrected chi connectivity index (χ3v) is 3.12. The smallest absolute Gasteiger partial charge is 0.309 e. The summed E-state index contributed by atoms with van der Waals surface area (Å²) in [6, 6.07) is 16.1. The van der Waals surface area contributed by atoms with E-state index < -0.39 is 0 Å². The highest BCUT2D eigenvalue weighted by Crippen LogP contribution is 2.17. The predicted molar refractivity (Wildman–Crippen MR) is 84.1 cm³/mol. The molecule has 118 valence electrons. The van der Waals surface area contributed by atoms with E-state index >= 15 is 0 Å². The zero-order valence-corrected chi connectivity index (χ0v) is 12.8. The highest BCUT2D eigenvalue weighted by atomic mass is 16.5. The van der Waals surface area contributed by atoms with Crippen molar-refractivity contribution in [3.63, 3.8) is 0 Å². The van der Waals surface area contributed by atoms with Gasteiger partial charge in [-0.25, -0.2) is 0 Å². The van der Waals surface area contributed by atoms with Crippen LogP contribution in [0.25, 0.3) is 0 Å². The minimum absolute atomic E-state index is 0.169. The first-order valence-electron chi connectivity index (χ1n) is 7.13. The molecule has 0 saturated carbocycles. The van der Waals surface area contributed by atoms with E-state index in [0.29, 0.717) is 11.3 Å². The lowest BCUT2D eigenvalue weighted by Gasteiger charge is -2.08. The van der Waals surface area contributed by atoms with Gasteiger partial charge in [0.05, 0.1) is 31.8 Å². The summed E-state index contributed by atoms with van der Waals surface area (Å²) >= 11 is 0. The Morgan fingerprint density at radius 3 is 2.30 bits per heavy atom. The second kappa shape index (κ2) is 8.44. The quantitative estimate of drug-likeness (QED) is 0.735. The zero-order valence-electron chi connectivity index (χ0n) is 12.8. The van der Waals surface area contributed by atoms with E-state index in [2.05, 4.69) is 0 Å². The molecule has 0 bridgehead atoms. The molecule has 0 aliphatic heterocycles. The van der Waals surface area contributed by atoms with Crippen molar-refractivity contribution >= 4 is 5.97 Å². The number of hydrogen-bond donors (Lipinski definition) is 0. The number of nitriles is 1. The fourth-order valence-electron chi connectivity index (χ4n) is 1.84. The standard InChI is InChI=1S/C18H17NO4/c1-21-16-6-8-17(9-7-16)22-11-10-18(20)23-13-15-4-2-14(12-19)3-5-15/h2-9H,10-11,13H2,1H3. The van der Waals surface area contributed by atoms with E-state index in [1.165, 1.54) is 0 Å². The lowest BCUT2D eigenvalue weighted by atomic mass is 10.2. The number of nitrogens with zero attached hydrogens (tertiary/aromatic N) is 1. The normalized spacial score (nSPS) is 9.74. The number of benzene rings is 2. The van der Waals surface area contributed by atoms with Crippen LogP contribution in [0.4, 0.5) is 0 Å². The molecule has 0 unspecified atom stereocenters. The summed E-state index contributed by atoms with van der Waals surface area (Å²) in [5.74, 6) is 1.09. The van der Waals surface area contributed by atoms with Gasteiger partial charge < -0.3 is 14.2 Å². The first-order valence-corrected chi connectivity index (χ1v) is 7.13. The average Bonchev–Trinajstić information content (AvgIpc) is 2.61. The minimum Gasteiger partial charge on any atom is -0.497 e. The van der Waals surface area contributed by atoms with Gasteiger partial charge in [-0.2, -0.15) is 5.26 Å². The average molecular weight is 311 g/mol. The number of esters is 1. The first kappa shape index (κ1) is 16.4. The van der Waals surface area contributed by atoms with Crippen molar-refractivity contribution in [1.29, 1.82) is 5.26 Å². The van der Waals surface area contributed by atoms with Crippen LogP contribution >= 0.6 is 0 Å². The molecule has 0 amide bonds. The number of carbonyl (C=O) groups excluding carboxylic acids is 1. The predicted octanol–water partition coefficient (Wildman–Crippen LogP) is 3.08. The summed E-state index contributed by atoms with van der Waals surface area (Å²) in [4.78, 5) is 11.7. The van der Waals surface area contributed by atoms with E-state index in [0.717, 1.165) is 11.3 Å². The molecular formula is C18H17NO4. The summed E-state index contributed by atoms with van der Waals surface area (Å²) in [5.41, 5.74) is 1.42. The molecule has 0 heterocycles. The van der Waals surface area contributed by atoms with Crippen molar-refractivity contribution in [1.82, 2.24) is 0 Å². The lowest BCUT2D eigenvalue weighted by molar-refractivity contribution is -0.145. The molecule has 23 heavy (non-hydrogen) atoms. The maximum Gasteiger partial charge on any atom is 0.309 e. The van der Waals surface area contributed by atoms with Crippen LogP contribution < -0.4 is 9.47 Å². The van der Waals surface area contributed by atoms with Crippen LogP contribution in [-0.4, -0.2) is 19.7 Å². The van der Waals surface area contributed by atoms with Crippen LogP contribution in [0, 0.1) is 11.3 Å². The van der Waals surface area contributed by atoms with Crippen LogP contribution in [0.15, 0.2) is 48.5 Å². The van der Waals surface area contributed by atoms with Crippen LogP contribution in [-0.2, 0) is 16.1 Å². The molecule has 0 spiro atoms. The highest BCUT2D eigenvalue weighted by molar-refractivity contribution is 5.69. The SMILES string of the molecule is COc1ccc(OCCC(=O)OCc2ccc(C#N)cc2)cc1. The zero-order chi connectivity index (χ0) is 16.5. The fourth-order valence-corrected chi connectivity index (χ4v) is 1.84. The Bertz CT molecular complexity index is 672. The van der Waals surface area contributed by atoms with Crippen LogP contribution in [0.3, 0.4) is 0 Å². The molecule has 0 saturated heterocycles. The summed E-state index contributed by atoms with van der Waals surface area (Å²) in [6.45, 7) is 0.436. The summed E-state index contributed by atoms with van der Waals surface area (Å²) in [7, 11) is 1.60. The molecule has 5 nitrogen and oxygen atoms in total. The number of rotatable bonds is 7. The van der Waals surface area contributed by atoms with Crippen molar-refractivity contribution < 1.29 is 19.0 Å². The van der Waals surface area contributed by atoms with Crippen molar-refractivity contribution in [2.45, 2.75) is 13.0 Å². The number of methoxy groups -OCH3 is 1. The Balaban J connectivity index is 1.69.